The number of amides is 3. The van der Waals surface area contributed by atoms with Crippen molar-refractivity contribution in [3.05, 3.63) is 70.8 Å². The van der Waals surface area contributed by atoms with Gasteiger partial charge in [-0.1, -0.05) is 23.8 Å². The lowest BCUT2D eigenvalue weighted by Gasteiger charge is -2.19. The van der Waals surface area contributed by atoms with Crippen molar-refractivity contribution >= 4 is 35.1 Å². The average molecular weight is 459 g/mol. The molecule has 4 atom stereocenters. The number of ether oxygens (including phenoxy) is 1. The van der Waals surface area contributed by atoms with Gasteiger partial charge in [-0.2, -0.15) is 0 Å². The highest BCUT2D eigenvalue weighted by Crippen LogP contribution is 2.55. The second-order valence-electron chi connectivity index (χ2n) is 9.53. The molecule has 0 aromatic heterocycles. The summed E-state index contributed by atoms with van der Waals surface area (Å²) in [5.41, 5.74) is 4.38. The lowest BCUT2D eigenvalue weighted by molar-refractivity contribution is -0.123. The first-order chi connectivity index (χ1) is 16.2. The van der Waals surface area contributed by atoms with Crippen LogP contribution in [0.5, 0.6) is 0 Å². The van der Waals surface area contributed by atoms with Gasteiger partial charge >= 0.3 is 5.97 Å². The maximum absolute atomic E-state index is 13.2. The predicted molar refractivity (Wildman–Crippen MR) is 126 cm³/mol. The van der Waals surface area contributed by atoms with E-state index in [4.69, 9.17) is 4.74 Å². The van der Waals surface area contributed by atoms with Crippen molar-refractivity contribution in [2.24, 2.45) is 23.7 Å². The summed E-state index contributed by atoms with van der Waals surface area (Å²) < 4.78 is 5.18. The topological polar surface area (TPSA) is 92.8 Å². The summed E-state index contributed by atoms with van der Waals surface area (Å²) in [6.45, 7) is 5.44. The molecule has 2 bridgehead atoms. The molecule has 1 saturated heterocycles. The minimum absolute atomic E-state index is 0.111. The highest BCUT2D eigenvalue weighted by Gasteiger charge is 2.60. The van der Waals surface area contributed by atoms with E-state index < -0.39 is 18.5 Å². The Morgan fingerprint density at radius 2 is 1.71 bits per heavy atom. The molecule has 1 saturated carbocycles. The molecule has 1 aliphatic heterocycles. The lowest BCUT2D eigenvalue weighted by Crippen LogP contribution is -2.33. The Balaban J connectivity index is 1.25. The van der Waals surface area contributed by atoms with Gasteiger partial charge in [-0.3, -0.25) is 14.4 Å². The van der Waals surface area contributed by atoms with Crippen molar-refractivity contribution in [3.8, 4) is 0 Å². The van der Waals surface area contributed by atoms with E-state index in [9.17, 15) is 19.2 Å². The van der Waals surface area contributed by atoms with Gasteiger partial charge in [0.25, 0.3) is 5.91 Å². The Hall–Kier alpha value is -3.74. The average Bonchev–Trinajstić information content (AvgIpc) is 3.41. The Labute approximate surface area is 197 Å². The number of esters is 1. The van der Waals surface area contributed by atoms with E-state index in [1.165, 1.54) is 22.6 Å². The van der Waals surface area contributed by atoms with Crippen LogP contribution < -0.4 is 10.2 Å². The number of anilines is 2. The zero-order valence-electron chi connectivity index (χ0n) is 19.3. The minimum atomic E-state index is -0.700. The van der Waals surface area contributed by atoms with Gasteiger partial charge in [-0.15, -0.1) is 0 Å². The highest BCUT2D eigenvalue weighted by molar-refractivity contribution is 6.23. The Bertz CT molecular complexity index is 1240. The number of nitrogens with one attached hydrogen (secondary N) is 1. The standard InChI is InChI=1S/C27H26N2O5/c1-14-7-15(2)9-19(8-14)28-22(30)13-34-27(33)17-5-4-6-20(11-17)29-25(31)23-18-10-16(3)21(12-18)24(23)26(29)32/h4-11,18,21,23-24H,12-13H2,1-3H3,(H,28,30)/t18-,21+,23+,24-/m0/s1. The normalized spacial score (nSPS) is 24.8. The monoisotopic (exact) mass is 458 g/mol. The molecular weight excluding hydrogens is 432 g/mol. The third-order valence-corrected chi connectivity index (χ3v) is 7.06. The number of benzene rings is 2. The smallest absolute Gasteiger partial charge is 0.338 e. The molecule has 0 spiro atoms. The van der Waals surface area contributed by atoms with Crippen molar-refractivity contribution in [1.82, 2.24) is 0 Å². The van der Waals surface area contributed by atoms with Crippen LogP contribution in [0.1, 0.15) is 34.8 Å². The molecule has 3 aliphatic rings. The van der Waals surface area contributed by atoms with E-state index in [2.05, 4.69) is 11.4 Å². The Morgan fingerprint density at radius 3 is 2.44 bits per heavy atom. The van der Waals surface area contributed by atoms with Crippen LogP contribution in [0.3, 0.4) is 0 Å². The summed E-state index contributed by atoms with van der Waals surface area (Å²) in [6.07, 6.45) is 2.99. The van der Waals surface area contributed by atoms with Crippen molar-refractivity contribution in [2.45, 2.75) is 27.2 Å². The van der Waals surface area contributed by atoms with Crippen LogP contribution >= 0.6 is 0 Å². The summed E-state index contributed by atoms with van der Waals surface area (Å²) in [7, 11) is 0. The SMILES string of the molecule is CC1=C[C@H]2C[C@H]1[C@@H]1C(=O)N(c3cccc(C(=O)OCC(=O)Nc4cc(C)cc(C)c4)c3)C(=O)[C@@H]12. The molecule has 34 heavy (non-hydrogen) atoms. The fourth-order valence-electron chi connectivity index (χ4n) is 5.76. The van der Waals surface area contributed by atoms with Gasteiger partial charge in [0, 0.05) is 5.69 Å². The van der Waals surface area contributed by atoms with E-state index in [0.717, 1.165) is 17.5 Å². The van der Waals surface area contributed by atoms with Crippen LogP contribution in [0.2, 0.25) is 0 Å². The second kappa shape index (κ2) is 8.24. The minimum Gasteiger partial charge on any atom is -0.452 e. The first-order valence-corrected chi connectivity index (χ1v) is 11.4. The molecule has 2 aromatic carbocycles. The van der Waals surface area contributed by atoms with Crippen LogP contribution in [0, 0.1) is 37.5 Å². The molecule has 5 rings (SSSR count). The number of carbonyl (C=O) groups excluding carboxylic acids is 4. The van der Waals surface area contributed by atoms with Crippen molar-refractivity contribution < 1.29 is 23.9 Å². The molecule has 1 heterocycles. The Kier molecular flexibility index (Phi) is 5.35. The largest absolute Gasteiger partial charge is 0.452 e. The Morgan fingerprint density at radius 1 is 1.00 bits per heavy atom. The van der Waals surface area contributed by atoms with Crippen LogP contribution in [0.4, 0.5) is 11.4 Å². The van der Waals surface area contributed by atoms with E-state index in [-0.39, 0.29) is 41.0 Å². The lowest BCUT2D eigenvalue weighted by atomic mass is 9.82. The first kappa shape index (κ1) is 22.1. The second-order valence-corrected chi connectivity index (χ2v) is 9.53. The zero-order valence-corrected chi connectivity index (χ0v) is 19.3. The third kappa shape index (κ3) is 3.71. The van der Waals surface area contributed by atoms with Gasteiger partial charge in [-0.25, -0.2) is 9.69 Å². The summed E-state index contributed by atoms with van der Waals surface area (Å²) in [4.78, 5) is 52.3. The fourth-order valence-corrected chi connectivity index (χ4v) is 5.76. The van der Waals surface area contributed by atoms with E-state index in [1.807, 2.05) is 39.0 Å². The molecule has 7 nitrogen and oxygen atoms in total. The van der Waals surface area contributed by atoms with Gasteiger partial charge in [-0.05, 0) is 80.5 Å². The van der Waals surface area contributed by atoms with Crippen LogP contribution in [0.15, 0.2) is 54.1 Å². The highest BCUT2D eigenvalue weighted by atomic mass is 16.5. The van der Waals surface area contributed by atoms with Gasteiger partial charge in [0.1, 0.15) is 0 Å². The van der Waals surface area contributed by atoms with Crippen LogP contribution in [-0.2, 0) is 19.1 Å². The first-order valence-electron chi connectivity index (χ1n) is 11.4. The van der Waals surface area contributed by atoms with E-state index in [0.29, 0.717) is 11.4 Å². The molecule has 0 unspecified atom stereocenters. The zero-order chi connectivity index (χ0) is 24.1. The molecule has 174 valence electrons. The van der Waals surface area contributed by atoms with E-state index >= 15 is 0 Å². The molecule has 0 radical (unpaired) electrons. The number of fused-ring (bicyclic) bond motifs is 5. The molecule has 1 N–H and O–H groups in total. The van der Waals surface area contributed by atoms with Gasteiger partial charge < -0.3 is 10.1 Å². The molecular formula is C27H26N2O5. The quantitative estimate of drug-likeness (QED) is 0.418. The van der Waals surface area contributed by atoms with Crippen molar-refractivity contribution in [2.75, 3.05) is 16.8 Å². The maximum atomic E-state index is 13.2. The maximum Gasteiger partial charge on any atom is 0.338 e. The number of rotatable bonds is 5. The number of aryl methyl sites for hydroxylation is 2. The predicted octanol–water partition coefficient (Wildman–Crippen LogP) is 3.80. The number of hydrogen-bond donors (Lipinski definition) is 1. The number of allylic oxidation sites excluding steroid dienone is 2. The molecule has 2 fully saturated rings. The summed E-state index contributed by atoms with van der Waals surface area (Å²) >= 11 is 0. The summed E-state index contributed by atoms with van der Waals surface area (Å²) in [5, 5.41) is 2.72. The van der Waals surface area contributed by atoms with Gasteiger partial charge in [0.2, 0.25) is 11.8 Å². The molecule has 7 heteroatoms. The van der Waals surface area contributed by atoms with Crippen molar-refractivity contribution in [1.29, 1.82) is 0 Å². The fraction of sp³-hybridized carbons (Fsp3) is 0.333. The number of hydrogen-bond acceptors (Lipinski definition) is 5. The molecule has 2 aliphatic carbocycles. The summed E-state index contributed by atoms with van der Waals surface area (Å²) in [6, 6.07) is 11.9. The van der Waals surface area contributed by atoms with Crippen molar-refractivity contribution in [3.63, 3.8) is 0 Å². The van der Waals surface area contributed by atoms with Crippen LogP contribution in [-0.4, -0.2) is 30.3 Å². The number of nitrogens with zero attached hydrogens (tertiary/aromatic N) is 1. The van der Waals surface area contributed by atoms with E-state index in [1.54, 1.807) is 12.1 Å². The summed E-state index contributed by atoms with van der Waals surface area (Å²) in [5.74, 6) is -1.95. The number of carbonyl (C=O) groups is 4. The van der Waals surface area contributed by atoms with Gasteiger partial charge in [0.15, 0.2) is 6.61 Å². The third-order valence-electron chi connectivity index (χ3n) is 7.06. The molecule has 2 aromatic rings. The number of imide groups is 1. The molecule has 3 amide bonds. The van der Waals surface area contributed by atoms with Crippen LogP contribution in [0.25, 0.3) is 0 Å². The van der Waals surface area contributed by atoms with Gasteiger partial charge in [0.05, 0.1) is 23.1 Å².